The minimum Gasteiger partial charge on any atom is -0.366 e. The van der Waals surface area contributed by atoms with Crippen molar-refractivity contribution in [2.75, 3.05) is 24.5 Å². The second-order valence-electron chi connectivity index (χ2n) is 4.23. The van der Waals surface area contributed by atoms with Gasteiger partial charge in [0.15, 0.2) is 0 Å². The SMILES string of the molecule is NC[C@@H]1CCN(c2ccc(I)cc2[N+](=O)[O-])C1. The van der Waals surface area contributed by atoms with Crippen molar-refractivity contribution in [3.8, 4) is 0 Å². The summed E-state index contributed by atoms with van der Waals surface area (Å²) < 4.78 is 0.882. The van der Waals surface area contributed by atoms with Gasteiger partial charge >= 0.3 is 0 Å². The van der Waals surface area contributed by atoms with Crippen LogP contribution >= 0.6 is 22.6 Å². The molecule has 2 N–H and O–H groups in total. The quantitative estimate of drug-likeness (QED) is 0.516. The molecule has 0 unspecified atom stereocenters. The van der Waals surface area contributed by atoms with Crippen LogP contribution in [0.1, 0.15) is 6.42 Å². The van der Waals surface area contributed by atoms with Crippen LogP contribution in [0.2, 0.25) is 0 Å². The first-order valence-corrected chi connectivity index (χ1v) is 6.58. The van der Waals surface area contributed by atoms with Crippen LogP contribution in [0.4, 0.5) is 11.4 Å². The van der Waals surface area contributed by atoms with Crippen LogP contribution in [0.3, 0.4) is 0 Å². The highest BCUT2D eigenvalue weighted by molar-refractivity contribution is 14.1. The van der Waals surface area contributed by atoms with Gasteiger partial charge in [0.05, 0.1) is 4.92 Å². The average Bonchev–Trinajstić information content (AvgIpc) is 2.77. The Kier molecular flexibility index (Phi) is 3.82. The molecule has 1 heterocycles. The molecule has 0 radical (unpaired) electrons. The molecule has 0 spiro atoms. The highest BCUT2D eigenvalue weighted by Gasteiger charge is 2.26. The van der Waals surface area contributed by atoms with Gasteiger partial charge in [0.25, 0.3) is 5.69 Å². The lowest BCUT2D eigenvalue weighted by atomic mass is 10.1. The minimum absolute atomic E-state index is 0.189. The molecule has 0 aromatic heterocycles. The van der Waals surface area contributed by atoms with Crippen molar-refractivity contribution in [2.45, 2.75) is 6.42 Å². The number of nitro benzene ring substituents is 1. The lowest BCUT2D eigenvalue weighted by Crippen LogP contribution is -2.23. The molecule has 1 saturated heterocycles. The van der Waals surface area contributed by atoms with Crippen molar-refractivity contribution in [3.63, 3.8) is 0 Å². The molecule has 1 fully saturated rings. The largest absolute Gasteiger partial charge is 0.366 e. The summed E-state index contributed by atoms with van der Waals surface area (Å²) in [4.78, 5) is 12.8. The molecule has 2 rings (SSSR count). The number of hydrogen-bond acceptors (Lipinski definition) is 4. The molecule has 17 heavy (non-hydrogen) atoms. The smallest absolute Gasteiger partial charge is 0.293 e. The number of benzene rings is 1. The first kappa shape index (κ1) is 12.6. The van der Waals surface area contributed by atoms with Crippen molar-refractivity contribution < 1.29 is 4.92 Å². The molecule has 92 valence electrons. The summed E-state index contributed by atoms with van der Waals surface area (Å²) in [6.45, 7) is 2.32. The number of nitrogens with zero attached hydrogens (tertiary/aromatic N) is 2. The van der Waals surface area contributed by atoms with E-state index in [9.17, 15) is 10.1 Å². The second-order valence-corrected chi connectivity index (χ2v) is 5.47. The monoisotopic (exact) mass is 347 g/mol. The zero-order valence-electron chi connectivity index (χ0n) is 9.30. The van der Waals surface area contributed by atoms with Gasteiger partial charge in [-0.1, -0.05) is 0 Å². The zero-order chi connectivity index (χ0) is 12.4. The number of hydrogen-bond donors (Lipinski definition) is 1. The fourth-order valence-electron chi connectivity index (χ4n) is 2.15. The Hall–Kier alpha value is -0.890. The maximum Gasteiger partial charge on any atom is 0.293 e. The molecular weight excluding hydrogens is 333 g/mol. The highest BCUT2D eigenvalue weighted by Crippen LogP contribution is 2.33. The van der Waals surface area contributed by atoms with Gasteiger partial charge in [-0.05, 0) is 53.6 Å². The lowest BCUT2D eigenvalue weighted by molar-refractivity contribution is -0.384. The van der Waals surface area contributed by atoms with Gasteiger partial charge < -0.3 is 10.6 Å². The standard InChI is InChI=1S/C11H14IN3O2/c12-9-1-2-10(11(5-9)15(16)17)14-4-3-8(6-13)7-14/h1-2,5,8H,3-4,6-7,13H2/t8-/m0/s1. The van der Waals surface area contributed by atoms with Crippen LogP contribution in [0, 0.1) is 19.6 Å². The molecule has 0 bridgehead atoms. The van der Waals surface area contributed by atoms with E-state index in [0.717, 1.165) is 23.1 Å². The normalized spacial score (nSPS) is 19.6. The summed E-state index contributed by atoms with van der Waals surface area (Å²) in [5.41, 5.74) is 6.54. The predicted octanol–water partition coefficient (Wildman–Crippen LogP) is 1.98. The lowest BCUT2D eigenvalue weighted by Gasteiger charge is -2.18. The molecule has 1 aromatic carbocycles. The van der Waals surface area contributed by atoms with Gasteiger partial charge in [0, 0.05) is 22.7 Å². The molecule has 1 aliphatic rings. The number of rotatable bonds is 3. The van der Waals surface area contributed by atoms with Crippen molar-refractivity contribution in [1.29, 1.82) is 0 Å². The Balaban J connectivity index is 2.29. The first-order valence-electron chi connectivity index (χ1n) is 5.50. The summed E-state index contributed by atoms with van der Waals surface area (Å²) in [6.07, 6.45) is 1.01. The Morgan fingerprint density at radius 3 is 2.94 bits per heavy atom. The summed E-state index contributed by atoms with van der Waals surface area (Å²) in [7, 11) is 0. The third kappa shape index (κ3) is 2.68. The number of halogens is 1. The first-order chi connectivity index (χ1) is 8.11. The fourth-order valence-corrected chi connectivity index (χ4v) is 2.63. The van der Waals surface area contributed by atoms with Crippen molar-refractivity contribution >= 4 is 34.0 Å². The van der Waals surface area contributed by atoms with Gasteiger partial charge in [0.1, 0.15) is 5.69 Å². The molecule has 0 amide bonds. The zero-order valence-corrected chi connectivity index (χ0v) is 11.5. The van der Waals surface area contributed by atoms with Crippen LogP contribution in [0.25, 0.3) is 0 Å². The van der Waals surface area contributed by atoms with Crippen molar-refractivity contribution in [3.05, 3.63) is 31.9 Å². The second kappa shape index (κ2) is 5.18. The van der Waals surface area contributed by atoms with Crippen LogP contribution in [-0.2, 0) is 0 Å². The number of nitro groups is 1. The Bertz CT molecular complexity index is 439. The summed E-state index contributed by atoms with van der Waals surface area (Å²) in [6, 6.07) is 5.35. The van der Waals surface area contributed by atoms with Gasteiger partial charge in [-0.3, -0.25) is 10.1 Å². The minimum atomic E-state index is -0.312. The Morgan fingerprint density at radius 1 is 1.59 bits per heavy atom. The number of anilines is 1. The average molecular weight is 347 g/mol. The van der Waals surface area contributed by atoms with E-state index in [1.807, 2.05) is 12.1 Å². The summed E-state index contributed by atoms with van der Waals surface area (Å²) >= 11 is 2.09. The maximum absolute atomic E-state index is 11.0. The predicted molar refractivity (Wildman–Crippen MR) is 75.2 cm³/mol. The third-order valence-corrected chi connectivity index (χ3v) is 3.77. The highest BCUT2D eigenvalue weighted by atomic mass is 127. The summed E-state index contributed by atoms with van der Waals surface area (Å²) in [5, 5.41) is 11.0. The van der Waals surface area contributed by atoms with E-state index in [1.165, 1.54) is 0 Å². The molecule has 1 aromatic rings. The molecule has 0 saturated carbocycles. The maximum atomic E-state index is 11.0. The van der Waals surface area contributed by atoms with Crippen molar-refractivity contribution in [1.82, 2.24) is 0 Å². The molecule has 1 atom stereocenters. The number of nitrogens with two attached hydrogens (primary N) is 1. The van der Waals surface area contributed by atoms with Crippen LogP contribution < -0.4 is 10.6 Å². The Morgan fingerprint density at radius 2 is 2.35 bits per heavy atom. The van der Waals surface area contributed by atoms with E-state index in [2.05, 4.69) is 27.5 Å². The molecule has 0 aliphatic carbocycles. The third-order valence-electron chi connectivity index (χ3n) is 3.09. The van der Waals surface area contributed by atoms with Crippen molar-refractivity contribution in [2.24, 2.45) is 11.7 Å². The molecule has 6 heteroatoms. The van der Waals surface area contributed by atoms with Gasteiger partial charge in [-0.25, -0.2) is 0 Å². The Labute approximate surface area is 113 Å². The molecular formula is C11H14IN3O2. The van der Waals surface area contributed by atoms with Gasteiger partial charge in [0.2, 0.25) is 0 Å². The van der Waals surface area contributed by atoms with Crippen LogP contribution in [0.5, 0.6) is 0 Å². The fraction of sp³-hybridized carbons (Fsp3) is 0.455. The molecule has 5 nitrogen and oxygen atoms in total. The van der Waals surface area contributed by atoms with E-state index < -0.39 is 0 Å². The van der Waals surface area contributed by atoms with E-state index in [0.29, 0.717) is 18.2 Å². The van der Waals surface area contributed by atoms with E-state index >= 15 is 0 Å². The van der Waals surface area contributed by atoms with Gasteiger partial charge in [-0.2, -0.15) is 0 Å². The topological polar surface area (TPSA) is 72.4 Å². The van der Waals surface area contributed by atoms with E-state index in [1.54, 1.807) is 6.07 Å². The van der Waals surface area contributed by atoms with E-state index in [-0.39, 0.29) is 10.6 Å². The van der Waals surface area contributed by atoms with Crippen LogP contribution in [-0.4, -0.2) is 24.6 Å². The van der Waals surface area contributed by atoms with E-state index in [4.69, 9.17) is 5.73 Å². The van der Waals surface area contributed by atoms with Gasteiger partial charge in [-0.15, -0.1) is 0 Å². The van der Waals surface area contributed by atoms with Crippen LogP contribution in [0.15, 0.2) is 18.2 Å². The summed E-state index contributed by atoms with van der Waals surface area (Å²) in [5.74, 6) is 0.453. The molecule has 1 aliphatic heterocycles.